The Morgan fingerprint density at radius 2 is 2.26 bits per heavy atom. The Bertz CT molecular complexity index is 601. The largest absolute Gasteiger partial charge is 0.508 e. The number of fused-ring (bicyclic) bond motifs is 5. The van der Waals surface area contributed by atoms with Crippen LogP contribution in [-0.2, 0) is 6.42 Å². The van der Waals surface area contributed by atoms with E-state index in [9.17, 15) is 5.11 Å². The normalized spacial score (nSPS) is 35.7. The molecule has 0 amide bonds. The Balaban J connectivity index is 1.77. The molecule has 1 fully saturated rings. The molecule has 1 aromatic carbocycles. The zero-order valence-corrected chi connectivity index (χ0v) is 13.4. The summed E-state index contributed by atoms with van der Waals surface area (Å²) in [5.74, 6) is 1.87. The summed E-state index contributed by atoms with van der Waals surface area (Å²) in [6.45, 7) is 2.53. The zero-order chi connectivity index (χ0) is 13.0. The lowest BCUT2D eigenvalue weighted by atomic mass is 9.65. The lowest BCUT2D eigenvalue weighted by Gasteiger charge is -2.43. The number of rotatable bonds is 0. The van der Waals surface area contributed by atoms with Gasteiger partial charge in [0.1, 0.15) is 5.75 Å². The van der Waals surface area contributed by atoms with Gasteiger partial charge >= 0.3 is 0 Å². The Labute approximate surface area is 124 Å². The lowest BCUT2D eigenvalue weighted by molar-refractivity contribution is 0.367. The fourth-order valence-corrected chi connectivity index (χ4v) is 7.58. The standard InChI is InChI=1S/C17H19IO/c1-17-8-6-14-13-5-3-12(19)10-11(13)2-4-15(14)16(17)7-9-18-17/h3-5,9-10,14,16,19H,2,6-8H2,1H3/t14-,16+,17+/m1/s1. The van der Waals surface area contributed by atoms with Gasteiger partial charge in [0, 0.05) is 9.34 Å². The minimum Gasteiger partial charge on any atom is -0.508 e. The van der Waals surface area contributed by atoms with Crippen molar-refractivity contribution in [2.45, 2.75) is 41.9 Å². The third-order valence-corrected chi connectivity index (χ3v) is 8.83. The highest BCUT2D eigenvalue weighted by atomic mass is 127. The molecule has 0 saturated heterocycles. The molecule has 1 N–H and O–H groups in total. The van der Waals surface area contributed by atoms with E-state index in [1.54, 1.807) is 5.57 Å². The molecular weight excluding hydrogens is 347 g/mol. The van der Waals surface area contributed by atoms with Crippen molar-refractivity contribution in [3.8, 4) is 5.75 Å². The molecule has 0 bridgehead atoms. The molecule has 19 heavy (non-hydrogen) atoms. The van der Waals surface area contributed by atoms with Gasteiger partial charge in [0.15, 0.2) is 0 Å². The van der Waals surface area contributed by atoms with E-state index >= 15 is 0 Å². The summed E-state index contributed by atoms with van der Waals surface area (Å²) in [4.78, 5) is 0. The average Bonchev–Trinajstić information content (AvgIpc) is 2.79. The molecule has 1 aromatic rings. The van der Waals surface area contributed by atoms with Crippen molar-refractivity contribution in [3.63, 3.8) is 0 Å². The van der Waals surface area contributed by atoms with Gasteiger partial charge in [0.2, 0.25) is 0 Å². The first kappa shape index (κ1) is 12.1. The highest BCUT2D eigenvalue weighted by molar-refractivity contribution is 14.2. The van der Waals surface area contributed by atoms with Crippen LogP contribution in [0.3, 0.4) is 0 Å². The van der Waals surface area contributed by atoms with E-state index in [0.717, 1.165) is 12.3 Å². The number of halogens is 1. The summed E-state index contributed by atoms with van der Waals surface area (Å²) >= 11 is 0.284. The van der Waals surface area contributed by atoms with Gasteiger partial charge in [0.25, 0.3) is 0 Å². The van der Waals surface area contributed by atoms with Crippen LogP contribution in [0.2, 0.25) is 0 Å². The van der Waals surface area contributed by atoms with Crippen LogP contribution in [0.4, 0.5) is 0 Å². The molecule has 1 saturated carbocycles. The first-order chi connectivity index (χ1) is 9.17. The molecule has 1 aliphatic heterocycles. The summed E-state index contributed by atoms with van der Waals surface area (Å²) in [5, 5.41) is 9.65. The topological polar surface area (TPSA) is 20.2 Å². The number of phenols is 1. The van der Waals surface area contributed by atoms with Gasteiger partial charge in [-0.15, -0.1) is 20.7 Å². The van der Waals surface area contributed by atoms with Crippen molar-refractivity contribution < 1.29 is 5.11 Å². The van der Waals surface area contributed by atoms with E-state index in [-0.39, 0.29) is 20.7 Å². The van der Waals surface area contributed by atoms with Gasteiger partial charge in [-0.2, -0.15) is 0 Å². The molecule has 0 aromatic heterocycles. The molecule has 2 aliphatic carbocycles. The van der Waals surface area contributed by atoms with Gasteiger partial charge in [0.05, 0.1) is 0 Å². The van der Waals surface area contributed by atoms with Crippen LogP contribution in [0.25, 0.3) is 0 Å². The number of phenolic OH excluding ortho intramolecular Hbond substituents is 1. The minimum atomic E-state index is 0.284. The van der Waals surface area contributed by atoms with Crippen LogP contribution in [0.15, 0.2) is 29.8 Å². The first-order valence-corrected chi connectivity index (χ1v) is 9.48. The second-order valence-corrected chi connectivity index (χ2v) is 10.2. The second kappa shape index (κ2) is 4.18. The third-order valence-electron chi connectivity index (χ3n) is 5.16. The van der Waals surface area contributed by atoms with E-state index in [4.69, 9.17) is 0 Å². The highest BCUT2D eigenvalue weighted by Crippen LogP contribution is 2.57. The highest BCUT2D eigenvalue weighted by Gasteiger charge is 2.45. The molecule has 0 radical (unpaired) electrons. The van der Waals surface area contributed by atoms with Gasteiger partial charge in [-0.05, 0) is 54.9 Å². The van der Waals surface area contributed by atoms with E-state index in [1.807, 2.05) is 12.1 Å². The first-order valence-electron chi connectivity index (χ1n) is 7.15. The van der Waals surface area contributed by atoms with Crippen LogP contribution in [0, 0.1) is 5.92 Å². The second-order valence-electron chi connectivity index (χ2n) is 6.21. The molecule has 1 nitrogen and oxygen atoms in total. The van der Waals surface area contributed by atoms with Gasteiger partial charge in [-0.1, -0.05) is 28.7 Å². The molecule has 4 rings (SSSR count). The number of hydrogen-bond acceptors (Lipinski definition) is 1. The number of aromatic hydroxyl groups is 1. The van der Waals surface area contributed by atoms with E-state index in [0.29, 0.717) is 15.1 Å². The van der Waals surface area contributed by atoms with Gasteiger partial charge < -0.3 is 5.11 Å². The summed E-state index contributed by atoms with van der Waals surface area (Å²) in [6.07, 6.45) is 7.52. The molecular formula is C17H19IO. The quantitative estimate of drug-likeness (QED) is 0.412. The van der Waals surface area contributed by atoms with E-state index < -0.39 is 0 Å². The Morgan fingerprint density at radius 3 is 3.16 bits per heavy atom. The molecule has 1 heterocycles. The fourth-order valence-electron chi connectivity index (χ4n) is 4.14. The molecule has 0 unspecified atom stereocenters. The smallest absolute Gasteiger partial charge is 0.115 e. The van der Waals surface area contributed by atoms with Crippen molar-refractivity contribution in [1.82, 2.24) is 0 Å². The Hall–Kier alpha value is -0.640. The monoisotopic (exact) mass is 366 g/mol. The number of alkyl halides is 1. The molecule has 2 heteroatoms. The Morgan fingerprint density at radius 1 is 1.37 bits per heavy atom. The summed E-state index contributed by atoms with van der Waals surface area (Å²) in [5.41, 5.74) is 4.55. The van der Waals surface area contributed by atoms with Crippen LogP contribution < -0.4 is 0 Å². The summed E-state index contributed by atoms with van der Waals surface area (Å²) in [6, 6.07) is 5.99. The molecule has 3 aliphatic rings. The maximum atomic E-state index is 9.65. The minimum absolute atomic E-state index is 0.284. The van der Waals surface area contributed by atoms with Crippen molar-refractivity contribution in [1.29, 1.82) is 0 Å². The third kappa shape index (κ3) is 1.75. The summed E-state index contributed by atoms with van der Waals surface area (Å²) < 4.78 is 3.24. The molecule has 0 spiro atoms. The van der Waals surface area contributed by atoms with Crippen molar-refractivity contribution in [2.24, 2.45) is 5.92 Å². The van der Waals surface area contributed by atoms with Crippen molar-refractivity contribution >= 4 is 24.7 Å². The predicted octanol–water partition coefficient (Wildman–Crippen LogP) is 4.30. The predicted molar refractivity (Wildman–Crippen MR) is 88.5 cm³/mol. The number of allylic oxidation sites excluding steroid dienone is 2. The molecule has 3 atom stereocenters. The number of benzene rings is 1. The fraction of sp³-hybridized carbons (Fsp3) is 0.471. The van der Waals surface area contributed by atoms with E-state index in [1.165, 1.54) is 30.4 Å². The average molecular weight is 366 g/mol. The van der Waals surface area contributed by atoms with Crippen LogP contribution >= 0.6 is 20.7 Å². The van der Waals surface area contributed by atoms with Crippen LogP contribution in [0.5, 0.6) is 5.75 Å². The maximum absolute atomic E-state index is 9.65. The SMILES string of the molecule is C[C@]12CC[C@H]3C(=CCc4cc(O)ccc43)[C@@H]1CC=I2. The van der Waals surface area contributed by atoms with Gasteiger partial charge in [-0.3, -0.25) is 0 Å². The number of hydrogen-bond donors (Lipinski definition) is 1. The van der Waals surface area contributed by atoms with Crippen molar-refractivity contribution in [3.05, 3.63) is 41.0 Å². The van der Waals surface area contributed by atoms with Crippen LogP contribution in [-0.4, -0.2) is 12.5 Å². The summed E-state index contributed by atoms with van der Waals surface area (Å²) in [7, 11) is 0. The van der Waals surface area contributed by atoms with Crippen molar-refractivity contribution in [2.75, 3.05) is 0 Å². The Kier molecular flexibility index (Phi) is 2.66. The van der Waals surface area contributed by atoms with E-state index in [2.05, 4.69) is 23.1 Å². The lowest BCUT2D eigenvalue weighted by Crippen LogP contribution is -2.36. The van der Waals surface area contributed by atoms with Gasteiger partial charge in [-0.25, -0.2) is 0 Å². The van der Waals surface area contributed by atoms with Crippen LogP contribution in [0.1, 0.15) is 43.2 Å². The maximum Gasteiger partial charge on any atom is 0.115 e. The zero-order valence-electron chi connectivity index (χ0n) is 11.2. The molecule has 100 valence electrons.